The van der Waals surface area contributed by atoms with Crippen LogP contribution in [0, 0.1) is 0 Å². The fourth-order valence-corrected chi connectivity index (χ4v) is 5.45. The quantitative estimate of drug-likeness (QED) is 0.147. The molecular weight excluding hydrogens is 565 g/mol. The fraction of sp³-hybridized carbons (Fsp3) is 0.727. The van der Waals surface area contributed by atoms with Gasteiger partial charge in [-0.2, -0.15) is 0 Å². The molecule has 6 atom stereocenters. The van der Waals surface area contributed by atoms with Crippen molar-refractivity contribution in [2.24, 2.45) is 0 Å². The maximum atomic E-state index is 14.4. The molecule has 2 unspecified atom stereocenters. The third kappa shape index (κ3) is 8.02. The number of carbonyl (C=O) groups is 2. The Morgan fingerprint density at radius 1 is 1.07 bits per heavy atom. The summed E-state index contributed by atoms with van der Waals surface area (Å²) in [5.41, 5.74) is -4.99. The molecule has 2 rings (SSSR count). The summed E-state index contributed by atoms with van der Waals surface area (Å²) in [6.45, 7) is 7.35. The van der Waals surface area contributed by atoms with Crippen molar-refractivity contribution in [3.8, 4) is 0 Å². The van der Waals surface area contributed by atoms with Gasteiger partial charge in [-0.15, -0.1) is 0 Å². The second-order valence-electron chi connectivity index (χ2n) is 9.71. The predicted octanol–water partition coefficient (Wildman–Crippen LogP) is -0.225. The first-order valence-electron chi connectivity index (χ1n) is 12.3. The van der Waals surface area contributed by atoms with Gasteiger partial charge in [0.2, 0.25) is 0 Å². The van der Waals surface area contributed by atoms with E-state index in [0.717, 1.165) is 12.3 Å². The largest absolute Gasteiger partial charge is 0.462 e. The molecule has 0 aromatic carbocycles. The molecule has 0 saturated carbocycles. The molecule has 0 spiro atoms. The lowest BCUT2D eigenvalue weighted by Gasteiger charge is -2.33. The van der Waals surface area contributed by atoms with Gasteiger partial charge in [0.15, 0.2) is 11.8 Å². The number of esters is 2. The Balaban J connectivity index is 2.39. The Labute approximate surface area is 227 Å². The van der Waals surface area contributed by atoms with E-state index in [1.165, 1.54) is 13.8 Å². The number of aliphatic hydroxyl groups excluding tert-OH is 2. The Bertz CT molecular complexity index is 1180. The van der Waals surface area contributed by atoms with Crippen LogP contribution in [0.25, 0.3) is 0 Å². The lowest BCUT2D eigenvalue weighted by atomic mass is 9.96. The van der Waals surface area contributed by atoms with Gasteiger partial charge < -0.3 is 28.9 Å². The van der Waals surface area contributed by atoms with Gasteiger partial charge in [-0.3, -0.25) is 28.5 Å². The second kappa shape index (κ2) is 13.4. The molecule has 1 saturated heterocycles. The number of nitrogens with one attached hydrogen (secondary N) is 3. The van der Waals surface area contributed by atoms with Gasteiger partial charge in [0, 0.05) is 12.3 Å². The summed E-state index contributed by atoms with van der Waals surface area (Å²) in [6, 6.07) is -1.83. The van der Waals surface area contributed by atoms with Crippen LogP contribution < -0.4 is 21.4 Å². The van der Waals surface area contributed by atoms with E-state index >= 15 is 0 Å². The number of alkyl halides is 2. The maximum absolute atomic E-state index is 14.4. The number of H-pyrrole nitrogens is 1. The lowest BCUT2D eigenvalue weighted by Crippen LogP contribution is -2.53. The average Bonchev–Trinajstić information content (AvgIpc) is 3.08. The van der Waals surface area contributed by atoms with E-state index < -0.39 is 92.2 Å². The van der Waals surface area contributed by atoms with Crippen molar-refractivity contribution >= 4 is 19.6 Å². The summed E-state index contributed by atoms with van der Waals surface area (Å²) in [5, 5.41) is 25.7. The molecule has 1 aliphatic heterocycles. The van der Waals surface area contributed by atoms with Crippen LogP contribution in [0.3, 0.4) is 0 Å². The molecule has 228 valence electrons. The highest BCUT2D eigenvalue weighted by molar-refractivity contribution is 7.54. The third-order valence-corrected chi connectivity index (χ3v) is 7.51. The van der Waals surface area contributed by atoms with Gasteiger partial charge in [-0.1, -0.05) is 0 Å². The highest BCUT2D eigenvalue weighted by atomic mass is 31.2. The van der Waals surface area contributed by atoms with E-state index in [-0.39, 0.29) is 0 Å². The zero-order chi connectivity index (χ0) is 30.6. The van der Waals surface area contributed by atoms with Crippen molar-refractivity contribution < 1.29 is 51.9 Å². The van der Waals surface area contributed by atoms with Gasteiger partial charge in [-0.25, -0.2) is 23.7 Å². The smallest absolute Gasteiger partial charge is 0.342 e. The summed E-state index contributed by atoms with van der Waals surface area (Å²) >= 11 is 0. The fourth-order valence-electron chi connectivity index (χ4n) is 3.61. The maximum Gasteiger partial charge on any atom is 0.342 e. The monoisotopic (exact) mass is 600 g/mol. The molecule has 1 aromatic heterocycles. The Hall–Kier alpha value is -2.53. The number of aromatic nitrogens is 2. The van der Waals surface area contributed by atoms with Crippen molar-refractivity contribution in [2.45, 2.75) is 96.3 Å². The molecule has 1 aliphatic rings. The van der Waals surface area contributed by atoms with Crippen LogP contribution >= 0.6 is 7.67 Å². The van der Waals surface area contributed by atoms with Crippen molar-refractivity contribution in [2.75, 3.05) is 6.61 Å². The normalized spacial score (nSPS) is 26.1. The van der Waals surface area contributed by atoms with Crippen LogP contribution in [-0.2, 0) is 32.9 Å². The molecule has 18 heteroatoms. The van der Waals surface area contributed by atoms with Gasteiger partial charge in [0.1, 0.15) is 24.3 Å². The number of hydrogen-bond acceptors (Lipinski definition) is 11. The van der Waals surface area contributed by atoms with Crippen LogP contribution in [0.4, 0.5) is 8.78 Å². The second-order valence-corrected chi connectivity index (χ2v) is 11.6. The number of carbonyl (C=O) groups excluding carboxylic acids is 2. The summed E-state index contributed by atoms with van der Waals surface area (Å²) in [5.74, 6) is -1.77. The molecule has 0 bridgehead atoms. The van der Waals surface area contributed by atoms with Gasteiger partial charge >= 0.3 is 25.3 Å². The van der Waals surface area contributed by atoms with Crippen molar-refractivity contribution in [1.29, 1.82) is 0 Å². The average molecular weight is 601 g/mol. The van der Waals surface area contributed by atoms with Crippen molar-refractivity contribution in [3.63, 3.8) is 0 Å². The van der Waals surface area contributed by atoms with Crippen LogP contribution in [-0.4, -0.2) is 86.8 Å². The standard InChI is InChI=1S/C22H35F2N4O11P/c1-10(2)37-18(32)12(5)26-40(35,27-13(6)19(33)38-11(3)4)36-9-22(20(23)24)16(31)15(30)17(39-22)28-8-7-14(29)25-21(28)34/h7-8,10-13,15-17,20,30-31H,9H2,1-6H3,(H,25,29,34)(H2,26,27,35)/t12?,13?,15-,16+,17-,22-,40?/m1/s1. The molecular formula is C22H35F2N4O11P. The topological polar surface area (TPSA) is 208 Å². The molecule has 15 nitrogen and oxygen atoms in total. The Morgan fingerprint density at radius 2 is 1.57 bits per heavy atom. The highest BCUT2D eigenvalue weighted by Crippen LogP contribution is 2.46. The molecule has 1 fully saturated rings. The molecule has 5 N–H and O–H groups in total. The minimum absolute atomic E-state index is 0.552. The molecule has 1 aromatic rings. The van der Waals surface area contributed by atoms with Crippen molar-refractivity contribution in [3.05, 3.63) is 33.1 Å². The number of halogens is 2. The first-order valence-corrected chi connectivity index (χ1v) is 13.9. The molecule has 40 heavy (non-hydrogen) atoms. The van der Waals surface area contributed by atoms with Crippen LogP contribution in [0.2, 0.25) is 0 Å². The van der Waals surface area contributed by atoms with Crippen LogP contribution in [0.15, 0.2) is 21.9 Å². The number of aliphatic hydroxyl groups is 2. The lowest BCUT2D eigenvalue weighted by molar-refractivity contribution is -0.192. The molecule has 0 radical (unpaired) electrons. The summed E-state index contributed by atoms with van der Waals surface area (Å²) < 4.78 is 63.8. The zero-order valence-corrected chi connectivity index (χ0v) is 23.6. The van der Waals surface area contributed by atoms with Crippen LogP contribution in [0.5, 0.6) is 0 Å². The van der Waals surface area contributed by atoms with Crippen LogP contribution in [0.1, 0.15) is 47.8 Å². The summed E-state index contributed by atoms with van der Waals surface area (Å²) in [7, 11) is -4.64. The molecule has 0 amide bonds. The summed E-state index contributed by atoms with van der Waals surface area (Å²) in [6.07, 6.45) is -10.2. The minimum Gasteiger partial charge on any atom is -0.462 e. The van der Waals surface area contributed by atoms with E-state index in [9.17, 15) is 42.7 Å². The number of aromatic amines is 1. The third-order valence-electron chi connectivity index (χ3n) is 5.56. The highest BCUT2D eigenvalue weighted by Gasteiger charge is 2.61. The van der Waals surface area contributed by atoms with E-state index in [1.807, 2.05) is 4.98 Å². The number of rotatable bonds is 13. The Morgan fingerprint density at radius 3 is 2.00 bits per heavy atom. The Kier molecular flexibility index (Phi) is 11.3. The number of ether oxygens (including phenoxy) is 3. The van der Waals surface area contributed by atoms with E-state index in [2.05, 4.69) is 10.2 Å². The van der Waals surface area contributed by atoms with E-state index in [4.69, 9.17) is 18.7 Å². The van der Waals surface area contributed by atoms with E-state index in [0.29, 0.717) is 4.57 Å². The first-order chi connectivity index (χ1) is 18.4. The van der Waals surface area contributed by atoms with Gasteiger partial charge in [0.05, 0.1) is 18.8 Å². The van der Waals surface area contributed by atoms with Gasteiger partial charge in [-0.05, 0) is 41.5 Å². The number of hydrogen-bond donors (Lipinski definition) is 5. The predicted molar refractivity (Wildman–Crippen MR) is 133 cm³/mol. The summed E-state index contributed by atoms with van der Waals surface area (Å²) in [4.78, 5) is 50.0. The first kappa shape index (κ1) is 33.7. The van der Waals surface area contributed by atoms with Gasteiger partial charge in [0.25, 0.3) is 12.0 Å². The zero-order valence-electron chi connectivity index (χ0n) is 22.7. The van der Waals surface area contributed by atoms with E-state index in [1.54, 1.807) is 27.7 Å². The molecule has 0 aliphatic carbocycles. The molecule has 2 heterocycles. The SMILES string of the molecule is CC(C)OC(=O)C(C)NP(=O)(NC(C)C(=O)OC(C)C)OC[C@@]1(C(F)F)O[C@@H](n2ccc(=O)[nH]c2=O)[C@H](O)[C@@H]1O. The minimum atomic E-state index is -4.64. The van der Waals surface area contributed by atoms with Crippen molar-refractivity contribution in [1.82, 2.24) is 19.7 Å². The number of nitrogens with zero attached hydrogens (tertiary/aromatic N) is 1.